The zero-order chi connectivity index (χ0) is 24.5. The molecule has 3 heterocycles. The molecule has 1 fully saturated rings. The van der Waals surface area contributed by atoms with Gasteiger partial charge in [0.1, 0.15) is 11.5 Å². The molecule has 3 aromatic rings. The predicted octanol–water partition coefficient (Wildman–Crippen LogP) is 6.54. The van der Waals surface area contributed by atoms with Crippen molar-refractivity contribution in [1.29, 1.82) is 0 Å². The molecule has 0 radical (unpaired) electrons. The first-order valence-corrected chi connectivity index (χ1v) is 12.0. The number of thiazole rings is 1. The summed E-state index contributed by atoms with van der Waals surface area (Å²) in [6.07, 6.45) is -0.610. The number of rotatable bonds is 5. The molecule has 9 heteroatoms. The van der Waals surface area contributed by atoms with Crippen molar-refractivity contribution in [2.75, 3.05) is 6.54 Å². The van der Waals surface area contributed by atoms with E-state index in [0.29, 0.717) is 35.7 Å². The number of piperidine rings is 1. The number of amides is 1. The summed E-state index contributed by atoms with van der Waals surface area (Å²) < 4.78 is 52.6. The molecular formula is C25H25F4N3OS. The summed E-state index contributed by atoms with van der Waals surface area (Å²) in [6.45, 7) is 4.45. The van der Waals surface area contributed by atoms with E-state index in [2.05, 4.69) is 16.9 Å². The van der Waals surface area contributed by atoms with Gasteiger partial charge in [-0.05, 0) is 68.4 Å². The minimum absolute atomic E-state index is 0.138. The molecule has 0 saturated carbocycles. The number of aromatic nitrogens is 2. The van der Waals surface area contributed by atoms with Crippen LogP contribution in [0.5, 0.6) is 0 Å². The SMILES string of the molecule is Cc1nc(C(=O)N2CCC[C@@H](C)[C@H]2CCc2cc(C(F)(F)F)ccn2)c(-c2ccc(F)cc2)s1. The van der Waals surface area contributed by atoms with Crippen LogP contribution in [0, 0.1) is 18.7 Å². The third kappa shape index (κ3) is 5.29. The van der Waals surface area contributed by atoms with E-state index in [-0.39, 0.29) is 23.7 Å². The van der Waals surface area contributed by atoms with Crippen molar-refractivity contribution in [3.05, 3.63) is 70.4 Å². The summed E-state index contributed by atoms with van der Waals surface area (Å²) in [4.78, 5) is 24.8. The molecule has 1 aliphatic rings. The fraction of sp³-hybridized carbons (Fsp3) is 0.400. The Morgan fingerprint density at radius 3 is 2.65 bits per heavy atom. The Hall–Kier alpha value is -2.81. The predicted molar refractivity (Wildman–Crippen MR) is 123 cm³/mol. The molecule has 1 aliphatic heterocycles. The Morgan fingerprint density at radius 2 is 1.94 bits per heavy atom. The summed E-state index contributed by atoms with van der Waals surface area (Å²) in [6, 6.07) is 7.88. The highest BCUT2D eigenvalue weighted by atomic mass is 32.1. The van der Waals surface area contributed by atoms with E-state index in [1.165, 1.54) is 29.7 Å². The van der Waals surface area contributed by atoms with Crippen LogP contribution in [0.15, 0.2) is 42.6 Å². The number of alkyl halides is 3. The van der Waals surface area contributed by atoms with Crippen LogP contribution < -0.4 is 0 Å². The van der Waals surface area contributed by atoms with Crippen LogP contribution in [0.25, 0.3) is 10.4 Å². The van der Waals surface area contributed by atoms with Gasteiger partial charge in [-0.3, -0.25) is 9.78 Å². The van der Waals surface area contributed by atoms with Gasteiger partial charge in [-0.2, -0.15) is 13.2 Å². The second kappa shape index (κ2) is 9.82. The van der Waals surface area contributed by atoms with E-state index < -0.39 is 11.7 Å². The largest absolute Gasteiger partial charge is 0.416 e. The number of aryl methyl sites for hydroxylation is 2. The summed E-state index contributed by atoms with van der Waals surface area (Å²) in [5.74, 6) is -0.360. The van der Waals surface area contributed by atoms with Crippen LogP contribution in [0.3, 0.4) is 0 Å². The molecule has 0 unspecified atom stereocenters. The quantitative estimate of drug-likeness (QED) is 0.381. The number of hydrogen-bond donors (Lipinski definition) is 0. The van der Waals surface area contributed by atoms with Gasteiger partial charge < -0.3 is 4.90 Å². The average molecular weight is 492 g/mol. The van der Waals surface area contributed by atoms with E-state index in [1.807, 2.05) is 11.8 Å². The van der Waals surface area contributed by atoms with Gasteiger partial charge in [0.15, 0.2) is 0 Å². The molecule has 0 aliphatic carbocycles. The number of pyridine rings is 1. The van der Waals surface area contributed by atoms with Crippen molar-refractivity contribution in [3.63, 3.8) is 0 Å². The first-order chi connectivity index (χ1) is 16.1. The number of benzene rings is 1. The topological polar surface area (TPSA) is 46.1 Å². The number of nitrogens with zero attached hydrogens (tertiary/aromatic N) is 3. The number of carbonyl (C=O) groups excluding carboxylic acids is 1. The van der Waals surface area contributed by atoms with Crippen LogP contribution in [0.4, 0.5) is 17.6 Å². The average Bonchev–Trinajstić information content (AvgIpc) is 3.19. The van der Waals surface area contributed by atoms with Gasteiger partial charge in [0.2, 0.25) is 0 Å². The third-order valence-electron chi connectivity index (χ3n) is 6.26. The fourth-order valence-corrected chi connectivity index (χ4v) is 5.45. The van der Waals surface area contributed by atoms with E-state index in [4.69, 9.17) is 0 Å². The Morgan fingerprint density at radius 1 is 1.21 bits per heavy atom. The Bertz CT molecular complexity index is 1160. The van der Waals surface area contributed by atoms with Crippen LogP contribution in [0.1, 0.15) is 52.9 Å². The highest BCUT2D eigenvalue weighted by Crippen LogP contribution is 2.35. The molecular weight excluding hydrogens is 466 g/mol. The van der Waals surface area contributed by atoms with Crippen LogP contribution >= 0.6 is 11.3 Å². The lowest BCUT2D eigenvalue weighted by Gasteiger charge is -2.40. The van der Waals surface area contributed by atoms with Gasteiger partial charge in [0, 0.05) is 24.5 Å². The lowest BCUT2D eigenvalue weighted by molar-refractivity contribution is -0.137. The first-order valence-electron chi connectivity index (χ1n) is 11.2. The second-order valence-electron chi connectivity index (χ2n) is 8.68. The zero-order valence-electron chi connectivity index (χ0n) is 18.9. The fourth-order valence-electron chi connectivity index (χ4n) is 4.53. The molecule has 4 rings (SSSR count). The van der Waals surface area contributed by atoms with Gasteiger partial charge in [0.05, 0.1) is 15.4 Å². The van der Waals surface area contributed by atoms with Gasteiger partial charge >= 0.3 is 6.18 Å². The smallest absolute Gasteiger partial charge is 0.334 e. The zero-order valence-corrected chi connectivity index (χ0v) is 19.7. The molecule has 0 spiro atoms. The maximum Gasteiger partial charge on any atom is 0.416 e. The maximum atomic E-state index is 13.7. The van der Waals surface area contributed by atoms with Gasteiger partial charge in [-0.15, -0.1) is 11.3 Å². The normalized spacial score (nSPS) is 18.8. The van der Waals surface area contributed by atoms with Crippen molar-refractivity contribution in [2.24, 2.45) is 5.92 Å². The molecule has 0 bridgehead atoms. The number of halogens is 4. The molecule has 1 saturated heterocycles. The van der Waals surface area contributed by atoms with Crippen molar-refractivity contribution < 1.29 is 22.4 Å². The van der Waals surface area contributed by atoms with Crippen LogP contribution in [-0.4, -0.2) is 33.4 Å². The van der Waals surface area contributed by atoms with Crippen molar-refractivity contribution in [3.8, 4) is 10.4 Å². The molecule has 1 amide bonds. The molecule has 4 nitrogen and oxygen atoms in total. The van der Waals surface area contributed by atoms with Gasteiger partial charge in [-0.25, -0.2) is 9.37 Å². The van der Waals surface area contributed by atoms with E-state index >= 15 is 0 Å². The van der Waals surface area contributed by atoms with Gasteiger partial charge in [-0.1, -0.05) is 19.1 Å². The van der Waals surface area contributed by atoms with E-state index in [0.717, 1.165) is 35.5 Å². The molecule has 2 aromatic heterocycles. The maximum absolute atomic E-state index is 13.7. The summed E-state index contributed by atoms with van der Waals surface area (Å²) in [5.41, 5.74) is 0.705. The lowest BCUT2D eigenvalue weighted by Crippen LogP contribution is -2.48. The number of likely N-dealkylation sites (tertiary alicyclic amines) is 1. The number of hydrogen-bond acceptors (Lipinski definition) is 4. The summed E-state index contributed by atoms with van der Waals surface area (Å²) in [7, 11) is 0. The Labute approximate surface area is 199 Å². The Balaban J connectivity index is 1.57. The summed E-state index contributed by atoms with van der Waals surface area (Å²) >= 11 is 1.38. The monoisotopic (exact) mass is 491 g/mol. The van der Waals surface area contributed by atoms with E-state index in [9.17, 15) is 22.4 Å². The third-order valence-corrected chi connectivity index (χ3v) is 7.28. The molecule has 34 heavy (non-hydrogen) atoms. The minimum atomic E-state index is -4.42. The van der Waals surface area contributed by atoms with Crippen molar-refractivity contribution in [1.82, 2.24) is 14.9 Å². The molecule has 1 aromatic carbocycles. The number of carbonyl (C=O) groups is 1. The Kier molecular flexibility index (Phi) is 7.02. The molecule has 180 valence electrons. The highest BCUT2D eigenvalue weighted by molar-refractivity contribution is 7.15. The lowest BCUT2D eigenvalue weighted by atomic mass is 9.87. The van der Waals surface area contributed by atoms with Crippen LogP contribution in [-0.2, 0) is 12.6 Å². The molecule has 2 atom stereocenters. The van der Waals surface area contributed by atoms with Crippen molar-refractivity contribution >= 4 is 17.2 Å². The minimum Gasteiger partial charge on any atom is -0.334 e. The molecule has 0 N–H and O–H groups in total. The highest BCUT2D eigenvalue weighted by Gasteiger charge is 2.35. The summed E-state index contributed by atoms with van der Waals surface area (Å²) in [5, 5.41) is 0.734. The van der Waals surface area contributed by atoms with Crippen molar-refractivity contribution in [2.45, 2.75) is 51.7 Å². The van der Waals surface area contributed by atoms with E-state index in [1.54, 1.807) is 12.1 Å². The standard InChI is InChI=1S/C25H25F4N3OS/c1-15-4-3-13-32(21(15)10-9-20-14-18(11-12-30-20)25(27,28)29)24(33)22-23(34-16(2)31-22)17-5-7-19(26)8-6-17/h5-8,11-12,14-15,21H,3-4,9-10,13H2,1-2H3/t15-,21-/m1/s1. The van der Waals surface area contributed by atoms with Gasteiger partial charge in [0.25, 0.3) is 5.91 Å². The van der Waals surface area contributed by atoms with Crippen LogP contribution in [0.2, 0.25) is 0 Å². The first kappa shape index (κ1) is 24.3. The second-order valence-corrected chi connectivity index (χ2v) is 9.88.